The van der Waals surface area contributed by atoms with Crippen molar-refractivity contribution in [3.63, 3.8) is 0 Å². The van der Waals surface area contributed by atoms with Crippen molar-refractivity contribution in [1.29, 1.82) is 0 Å². The Morgan fingerprint density at radius 3 is 2.71 bits per heavy atom. The maximum absolute atomic E-state index is 12.8. The first-order valence-corrected chi connectivity index (χ1v) is 6.00. The zero-order valence-corrected chi connectivity index (χ0v) is 9.95. The summed E-state index contributed by atoms with van der Waals surface area (Å²) in [6.45, 7) is 4.19. The molecule has 0 bridgehead atoms. The molecule has 1 amide bonds. The van der Waals surface area contributed by atoms with Crippen molar-refractivity contribution in [3.8, 4) is 0 Å². The van der Waals surface area contributed by atoms with E-state index in [1.807, 2.05) is 6.92 Å². The molecule has 1 fully saturated rings. The van der Waals surface area contributed by atoms with Gasteiger partial charge in [-0.15, -0.1) is 0 Å². The summed E-state index contributed by atoms with van der Waals surface area (Å²) in [4.78, 5) is 14.0. The second-order valence-electron chi connectivity index (χ2n) is 4.25. The van der Waals surface area contributed by atoms with E-state index in [1.54, 1.807) is 17.0 Å². The van der Waals surface area contributed by atoms with Crippen LogP contribution in [0.15, 0.2) is 24.3 Å². The molecule has 1 saturated heterocycles. The largest absolute Gasteiger partial charge is 0.316 e. The first-order chi connectivity index (χ1) is 8.22. The molecule has 0 aromatic heterocycles. The molecule has 1 heterocycles. The van der Waals surface area contributed by atoms with Gasteiger partial charge in [-0.3, -0.25) is 4.79 Å². The second kappa shape index (κ2) is 5.27. The number of amides is 1. The van der Waals surface area contributed by atoms with Crippen LogP contribution < -0.4 is 10.2 Å². The van der Waals surface area contributed by atoms with Crippen molar-refractivity contribution < 1.29 is 9.18 Å². The highest BCUT2D eigenvalue weighted by Crippen LogP contribution is 2.19. The minimum Gasteiger partial charge on any atom is -0.316 e. The molecule has 0 saturated carbocycles. The number of carbonyl (C=O) groups is 1. The lowest BCUT2D eigenvalue weighted by atomic mass is 10.1. The van der Waals surface area contributed by atoms with E-state index < -0.39 is 0 Å². The molecule has 2 rings (SSSR count). The van der Waals surface area contributed by atoms with E-state index in [1.165, 1.54) is 12.1 Å². The van der Waals surface area contributed by atoms with Crippen molar-refractivity contribution >= 4 is 11.6 Å². The predicted molar refractivity (Wildman–Crippen MR) is 65.4 cm³/mol. The van der Waals surface area contributed by atoms with Gasteiger partial charge in [-0.1, -0.05) is 0 Å². The SMILES string of the molecule is CCN(C(=O)C1CCNC1)c1ccc(F)cc1. The van der Waals surface area contributed by atoms with Crippen LogP contribution in [0.2, 0.25) is 0 Å². The van der Waals surface area contributed by atoms with Crippen LogP contribution in [-0.4, -0.2) is 25.5 Å². The molecular weight excluding hydrogens is 219 g/mol. The number of hydrogen-bond donors (Lipinski definition) is 1. The molecule has 1 aromatic rings. The first-order valence-electron chi connectivity index (χ1n) is 6.00. The Morgan fingerprint density at radius 2 is 2.18 bits per heavy atom. The smallest absolute Gasteiger partial charge is 0.231 e. The van der Waals surface area contributed by atoms with Crippen LogP contribution in [0.25, 0.3) is 0 Å². The van der Waals surface area contributed by atoms with Gasteiger partial charge < -0.3 is 10.2 Å². The molecule has 1 aliphatic rings. The maximum atomic E-state index is 12.8. The Morgan fingerprint density at radius 1 is 1.47 bits per heavy atom. The average molecular weight is 236 g/mol. The Balaban J connectivity index is 2.14. The van der Waals surface area contributed by atoms with Gasteiger partial charge in [0.1, 0.15) is 5.82 Å². The van der Waals surface area contributed by atoms with Gasteiger partial charge in [-0.05, 0) is 44.2 Å². The highest BCUT2D eigenvalue weighted by Gasteiger charge is 2.27. The molecule has 92 valence electrons. The lowest BCUT2D eigenvalue weighted by Crippen LogP contribution is -2.37. The molecule has 1 N–H and O–H groups in total. The number of anilines is 1. The van der Waals surface area contributed by atoms with Gasteiger partial charge in [0, 0.05) is 18.8 Å². The summed E-state index contributed by atoms with van der Waals surface area (Å²) in [5.41, 5.74) is 0.769. The molecule has 4 heteroatoms. The summed E-state index contributed by atoms with van der Waals surface area (Å²) in [7, 11) is 0. The van der Waals surface area contributed by atoms with Crippen LogP contribution >= 0.6 is 0 Å². The molecule has 17 heavy (non-hydrogen) atoms. The Bertz CT molecular complexity index is 385. The number of carbonyl (C=O) groups excluding carboxylic acids is 1. The second-order valence-corrected chi connectivity index (χ2v) is 4.25. The molecule has 1 aromatic carbocycles. The van der Waals surface area contributed by atoms with Gasteiger partial charge in [-0.2, -0.15) is 0 Å². The van der Waals surface area contributed by atoms with Gasteiger partial charge in [0.05, 0.1) is 5.92 Å². The number of nitrogens with one attached hydrogen (secondary N) is 1. The van der Waals surface area contributed by atoms with Crippen molar-refractivity contribution in [2.24, 2.45) is 5.92 Å². The number of benzene rings is 1. The number of halogens is 1. The summed E-state index contributed by atoms with van der Waals surface area (Å²) in [5, 5.41) is 3.19. The van der Waals surface area contributed by atoms with Crippen molar-refractivity contribution in [2.45, 2.75) is 13.3 Å². The molecular formula is C13H17FN2O. The van der Waals surface area contributed by atoms with Gasteiger partial charge in [0.15, 0.2) is 0 Å². The molecule has 1 unspecified atom stereocenters. The quantitative estimate of drug-likeness (QED) is 0.867. The summed E-state index contributed by atoms with van der Waals surface area (Å²) >= 11 is 0. The van der Waals surface area contributed by atoms with Gasteiger partial charge in [0.2, 0.25) is 5.91 Å². The topological polar surface area (TPSA) is 32.3 Å². The molecule has 1 atom stereocenters. The fraction of sp³-hybridized carbons (Fsp3) is 0.462. The third kappa shape index (κ3) is 2.64. The molecule has 1 aliphatic heterocycles. The minimum absolute atomic E-state index is 0.0556. The van der Waals surface area contributed by atoms with E-state index in [9.17, 15) is 9.18 Å². The molecule has 0 radical (unpaired) electrons. The lowest BCUT2D eigenvalue weighted by molar-refractivity contribution is -0.121. The van der Waals surface area contributed by atoms with Crippen molar-refractivity contribution in [3.05, 3.63) is 30.1 Å². The normalized spacial score (nSPS) is 19.3. The van der Waals surface area contributed by atoms with E-state index >= 15 is 0 Å². The van der Waals surface area contributed by atoms with Crippen molar-refractivity contribution in [1.82, 2.24) is 5.32 Å². The summed E-state index contributed by atoms with van der Waals surface area (Å²) < 4.78 is 12.8. The third-order valence-electron chi connectivity index (χ3n) is 3.13. The molecule has 3 nitrogen and oxygen atoms in total. The number of hydrogen-bond acceptors (Lipinski definition) is 2. The Hall–Kier alpha value is -1.42. The summed E-state index contributed by atoms with van der Waals surface area (Å²) in [6, 6.07) is 6.08. The minimum atomic E-state index is -0.278. The van der Waals surface area contributed by atoms with Gasteiger partial charge in [-0.25, -0.2) is 4.39 Å². The fourth-order valence-corrected chi connectivity index (χ4v) is 2.17. The van der Waals surface area contributed by atoms with Crippen molar-refractivity contribution in [2.75, 3.05) is 24.5 Å². The van der Waals surface area contributed by atoms with E-state index in [4.69, 9.17) is 0 Å². The van der Waals surface area contributed by atoms with Crippen LogP contribution in [0.3, 0.4) is 0 Å². The van der Waals surface area contributed by atoms with Crippen LogP contribution in [-0.2, 0) is 4.79 Å². The highest BCUT2D eigenvalue weighted by atomic mass is 19.1. The Labute approximate surface area is 101 Å². The average Bonchev–Trinajstić information content (AvgIpc) is 2.86. The zero-order chi connectivity index (χ0) is 12.3. The third-order valence-corrected chi connectivity index (χ3v) is 3.13. The molecule has 0 aliphatic carbocycles. The summed E-state index contributed by atoms with van der Waals surface area (Å²) in [6.07, 6.45) is 0.885. The van der Waals surface area contributed by atoms with Crippen LogP contribution in [0.5, 0.6) is 0 Å². The standard InChI is InChI=1S/C13H17FN2O/c1-2-16(12-5-3-11(14)4-6-12)13(17)10-7-8-15-9-10/h3-6,10,15H,2,7-9H2,1H3. The summed E-state index contributed by atoms with van der Waals surface area (Å²) in [5.74, 6) is -0.0936. The number of rotatable bonds is 3. The van der Waals surface area contributed by atoms with Crippen LogP contribution in [0.1, 0.15) is 13.3 Å². The fourth-order valence-electron chi connectivity index (χ4n) is 2.17. The molecule has 0 spiro atoms. The predicted octanol–water partition coefficient (Wildman–Crippen LogP) is 1.79. The van der Waals surface area contributed by atoms with E-state index in [2.05, 4.69) is 5.32 Å². The number of nitrogens with zero attached hydrogens (tertiary/aromatic N) is 1. The van der Waals surface area contributed by atoms with E-state index in [0.29, 0.717) is 6.54 Å². The van der Waals surface area contributed by atoms with Crippen LogP contribution in [0, 0.1) is 11.7 Å². The van der Waals surface area contributed by atoms with Gasteiger partial charge >= 0.3 is 0 Å². The van der Waals surface area contributed by atoms with Gasteiger partial charge in [0.25, 0.3) is 0 Å². The zero-order valence-electron chi connectivity index (χ0n) is 9.95. The van der Waals surface area contributed by atoms with Crippen LogP contribution in [0.4, 0.5) is 10.1 Å². The van der Waals surface area contributed by atoms with E-state index in [-0.39, 0.29) is 17.6 Å². The monoisotopic (exact) mass is 236 g/mol. The van der Waals surface area contributed by atoms with E-state index in [0.717, 1.165) is 25.2 Å². The first kappa shape index (κ1) is 12.0. The lowest BCUT2D eigenvalue weighted by Gasteiger charge is -2.24. The Kier molecular flexibility index (Phi) is 3.74. The maximum Gasteiger partial charge on any atom is 0.231 e. The highest BCUT2D eigenvalue weighted by molar-refractivity contribution is 5.95.